The van der Waals surface area contributed by atoms with Gasteiger partial charge in [-0.05, 0) is 13.0 Å². The number of hydrogen-bond acceptors (Lipinski definition) is 6. The Balaban J connectivity index is 2.02. The highest BCUT2D eigenvalue weighted by atomic mass is 32.2. The van der Waals surface area contributed by atoms with Crippen LogP contribution < -0.4 is 5.32 Å². The van der Waals surface area contributed by atoms with Crippen LogP contribution in [0.15, 0.2) is 27.8 Å². The smallest absolute Gasteiger partial charge is 0.263 e. The summed E-state index contributed by atoms with van der Waals surface area (Å²) in [6, 6.07) is 1.78. The zero-order chi connectivity index (χ0) is 15.7. The third kappa shape index (κ3) is 3.04. The molecule has 1 unspecified atom stereocenters. The second-order valence-corrected chi connectivity index (χ2v) is 6.27. The van der Waals surface area contributed by atoms with E-state index in [0.717, 1.165) is 5.39 Å². The number of carbonyl (C=O) groups is 1. The SMILES string of the molecule is CC(O)C#Cc1cncc2cc(C=C3SC(=S)NC3=O)oc12. The fraction of sp³-hybridized carbons (Fsp3) is 0.133. The minimum atomic E-state index is -0.730. The Morgan fingerprint density at radius 2 is 2.36 bits per heavy atom. The monoisotopic (exact) mass is 330 g/mol. The number of aliphatic hydroxyl groups excluding tert-OH is 1. The lowest BCUT2D eigenvalue weighted by Crippen LogP contribution is -2.17. The molecule has 3 rings (SSSR count). The lowest BCUT2D eigenvalue weighted by atomic mass is 10.2. The number of furan rings is 1. The van der Waals surface area contributed by atoms with Crippen molar-refractivity contribution in [3.8, 4) is 11.8 Å². The van der Waals surface area contributed by atoms with Gasteiger partial charge in [0.2, 0.25) is 0 Å². The van der Waals surface area contributed by atoms with Gasteiger partial charge in [-0.15, -0.1) is 0 Å². The summed E-state index contributed by atoms with van der Waals surface area (Å²) in [6.45, 7) is 1.58. The summed E-state index contributed by atoms with van der Waals surface area (Å²) in [6.07, 6.45) is 4.13. The molecule has 22 heavy (non-hydrogen) atoms. The number of nitrogens with one attached hydrogen (secondary N) is 1. The predicted molar refractivity (Wildman–Crippen MR) is 88.9 cm³/mol. The molecule has 1 atom stereocenters. The molecule has 3 heterocycles. The number of aromatic nitrogens is 1. The number of carbonyl (C=O) groups excluding carboxylic acids is 1. The molecule has 1 aliphatic heterocycles. The van der Waals surface area contributed by atoms with Crippen molar-refractivity contribution in [2.24, 2.45) is 0 Å². The third-order valence-corrected chi connectivity index (χ3v) is 3.94. The average molecular weight is 330 g/mol. The Labute approximate surface area is 135 Å². The van der Waals surface area contributed by atoms with Crippen molar-refractivity contribution >= 4 is 51.3 Å². The molecule has 0 spiro atoms. The van der Waals surface area contributed by atoms with Crippen LogP contribution in [-0.2, 0) is 4.79 Å². The van der Waals surface area contributed by atoms with Gasteiger partial charge < -0.3 is 14.8 Å². The maximum Gasteiger partial charge on any atom is 0.263 e. The van der Waals surface area contributed by atoms with Crippen molar-refractivity contribution in [1.29, 1.82) is 0 Å². The molecule has 7 heteroatoms. The summed E-state index contributed by atoms with van der Waals surface area (Å²) in [4.78, 5) is 16.2. The molecular formula is C15H10N2O3S2. The number of nitrogens with zero attached hydrogens (tertiary/aromatic N) is 1. The van der Waals surface area contributed by atoms with Gasteiger partial charge in [-0.1, -0.05) is 35.8 Å². The standard InChI is InChI=1S/C15H10N2O3S2/c1-8(18)2-3-9-6-16-7-10-4-11(20-13(9)10)5-12-14(19)17-15(21)22-12/h4-8,18H,1H3,(H,17,19,21). The van der Waals surface area contributed by atoms with Crippen molar-refractivity contribution in [2.45, 2.75) is 13.0 Å². The number of thioether (sulfide) groups is 1. The zero-order valence-corrected chi connectivity index (χ0v) is 13.0. The van der Waals surface area contributed by atoms with Crippen LogP contribution in [0, 0.1) is 11.8 Å². The second kappa shape index (κ2) is 5.93. The van der Waals surface area contributed by atoms with Gasteiger partial charge in [0.15, 0.2) is 5.58 Å². The number of fused-ring (bicyclic) bond motifs is 1. The summed E-state index contributed by atoms with van der Waals surface area (Å²) in [7, 11) is 0. The molecule has 0 bridgehead atoms. The van der Waals surface area contributed by atoms with E-state index in [1.807, 2.05) is 0 Å². The minimum Gasteiger partial charge on any atom is -0.455 e. The van der Waals surface area contributed by atoms with Gasteiger partial charge in [-0.3, -0.25) is 9.78 Å². The molecule has 110 valence electrons. The Bertz CT molecular complexity index is 872. The number of hydrogen-bond donors (Lipinski definition) is 2. The second-order valence-electron chi connectivity index (χ2n) is 4.55. The van der Waals surface area contributed by atoms with Gasteiger partial charge in [-0.25, -0.2) is 0 Å². The first-order valence-corrected chi connectivity index (χ1v) is 7.57. The van der Waals surface area contributed by atoms with Crippen molar-refractivity contribution in [3.05, 3.63) is 34.7 Å². The fourth-order valence-electron chi connectivity index (χ4n) is 1.87. The molecule has 1 fully saturated rings. The number of rotatable bonds is 1. The highest BCUT2D eigenvalue weighted by Crippen LogP contribution is 2.29. The maximum atomic E-state index is 11.7. The maximum absolute atomic E-state index is 11.7. The van der Waals surface area contributed by atoms with Crippen LogP contribution in [0.3, 0.4) is 0 Å². The van der Waals surface area contributed by atoms with E-state index in [0.29, 0.717) is 26.1 Å². The van der Waals surface area contributed by atoms with Crippen molar-refractivity contribution in [2.75, 3.05) is 0 Å². The molecule has 0 aromatic carbocycles. The Morgan fingerprint density at radius 3 is 3.05 bits per heavy atom. The molecule has 2 N–H and O–H groups in total. The highest BCUT2D eigenvalue weighted by Gasteiger charge is 2.22. The van der Waals surface area contributed by atoms with Crippen LogP contribution >= 0.6 is 24.0 Å². The number of amides is 1. The lowest BCUT2D eigenvalue weighted by Gasteiger charge is -1.93. The van der Waals surface area contributed by atoms with Crippen molar-refractivity contribution < 1.29 is 14.3 Å². The lowest BCUT2D eigenvalue weighted by molar-refractivity contribution is -0.115. The van der Waals surface area contributed by atoms with Crippen molar-refractivity contribution in [1.82, 2.24) is 10.3 Å². The van der Waals surface area contributed by atoms with Gasteiger partial charge in [0.25, 0.3) is 5.91 Å². The summed E-state index contributed by atoms with van der Waals surface area (Å²) < 4.78 is 6.17. The third-order valence-electron chi connectivity index (χ3n) is 2.77. The minimum absolute atomic E-state index is 0.234. The molecule has 1 amide bonds. The largest absolute Gasteiger partial charge is 0.455 e. The number of aliphatic hydroxyl groups is 1. The summed E-state index contributed by atoms with van der Waals surface area (Å²) in [5, 5.41) is 12.6. The van der Waals surface area contributed by atoms with E-state index < -0.39 is 6.10 Å². The average Bonchev–Trinajstić information content (AvgIpc) is 2.99. The van der Waals surface area contributed by atoms with E-state index in [1.54, 1.807) is 31.5 Å². The Kier molecular flexibility index (Phi) is 3.98. The molecule has 0 aliphatic carbocycles. The highest BCUT2D eigenvalue weighted by molar-refractivity contribution is 8.26. The Hall–Kier alpha value is -2.14. The van der Waals surface area contributed by atoms with Crippen LogP contribution in [-0.4, -0.2) is 26.4 Å². The molecule has 1 aliphatic rings. The van der Waals surface area contributed by atoms with Gasteiger partial charge in [-0.2, -0.15) is 0 Å². The van der Waals surface area contributed by atoms with E-state index in [4.69, 9.17) is 16.6 Å². The molecule has 0 radical (unpaired) electrons. The number of thiocarbonyl (C=S) groups is 1. The van der Waals surface area contributed by atoms with E-state index >= 15 is 0 Å². The van der Waals surface area contributed by atoms with E-state index in [2.05, 4.69) is 22.1 Å². The predicted octanol–water partition coefficient (Wildman–Crippen LogP) is 2.05. The first-order valence-electron chi connectivity index (χ1n) is 6.35. The van der Waals surface area contributed by atoms with Crippen LogP contribution in [0.4, 0.5) is 0 Å². The molecule has 2 aromatic rings. The van der Waals surface area contributed by atoms with Gasteiger partial charge >= 0.3 is 0 Å². The van der Waals surface area contributed by atoms with Crippen LogP contribution in [0.25, 0.3) is 17.0 Å². The van der Waals surface area contributed by atoms with Crippen LogP contribution in [0.5, 0.6) is 0 Å². The number of pyridine rings is 1. The van der Waals surface area contributed by atoms with Crippen LogP contribution in [0.2, 0.25) is 0 Å². The summed E-state index contributed by atoms with van der Waals surface area (Å²) in [5.41, 5.74) is 1.16. The zero-order valence-electron chi connectivity index (χ0n) is 11.4. The van der Waals surface area contributed by atoms with E-state index in [1.165, 1.54) is 11.8 Å². The topological polar surface area (TPSA) is 75.4 Å². The quantitative estimate of drug-likeness (QED) is 0.473. The molecule has 0 saturated carbocycles. The van der Waals surface area contributed by atoms with E-state index in [9.17, 15) is 9.90 Å². The molecule has 2 aromatic heterocycles. The van der Waals surface area contributed by atoms with Gasteiger partial charge in [0.05, 0.1) is 10.5 Å². The molecule has 5 nitrogen and oxygen atoms in total. The van der Waals surface area contributed by atoms with Crippen LogP contribution in [0.1, 0.15) is 18.2 Å². The normalized spacial score (nSPS) is 17.5. The Morgan fingerprint density at radius 1 is 1.55 bits per heavy atom. The van der Waals surface area contributed by atoms with E-state index in [-0.39, 0.29) is 5.91 Å². The van der Waals surface area contributed by atoms with Gasteiger partial charge in [0, 0.05) is 23.9 Å². The summed E-state index contributed by atoms with van der Waals surface area (Å²) in [5.74, 6) is 5.77. The first-order chi connectivity index (χ1) is 10.5. The van der Waals surface area contributed by atoms with Gasteiger partial charge in [0.1, 0.15) is 16.2 Å². The fourth-order valence-corrected chi connectivity index (χ4v) is 2.90. The first kappa shape index (κ1) is 14.8. The van der Waals surface area contributed by atoms with Crippen molar-refractivity contribution in [3.63, 3.8) is 0 Å². The molecular weight excluding hydrogens is 320 g/mol. The summed E-state index contributed by atoms with van der Waals surface area (Å²) >= 11 is 6.13. The molecule has 1 saturated heterocycles.